The Morgan fingerprint density at radius 3 is 2.73 bits per heavy atom. The molecule has 0 unspecified atom stereocenters. The molecule has 0 bridgehead atoms. The molecule has 6 heteroatoms. The van der Waals surface area contributed by atoms with Crippen LogP contribution in [0.4, 0.5) is 21.8 Å². The molecular formula is C5H8FN5. The van der Waals surface area contributed by atoms with Crippen molar-refractivity contribution in [2.45, 2.75) is 0 Å². The highest BCUT2D eigenvalue weighted by molar-refractivity contribution is 5.73. The van der Waals surface area contributed by atoms with E-state index in [-0.39, 0.29) is 11.5 Å². The Kier molecular flexibility index (Phi) is 2.05. The Bertz CT molecular complexity index is 251. The lowest BCUT2D eigenvalue weighted by molar-refractivity contribution is 0.617. The monoisotopic (exact) mass is 157 g/mol. The predicted molar refractivity (Wildman–Crippen MR) is 40.7 cm³/mol. The number of nitrogen functional groups attached to an aromatic ring is 1. The van der Waals surface area contributed by atoms with Gasteiger partial charge in [0.1, 0.15) is 12.0 Å². The van der Waals surface area contributed by atoms with Gasteiger partial charge in [0.2, 0.25) is 0 Å². The van der Waals surface area contributed by atoms with E-state index < -0.39 is 0 Å². The predicted octanol–water partition coefficient (Wildman–Crippen LogP) is 0.397. The molecule has 0 aliphatic rings. The number of halogens is 1. The van der Waals surface area contributed by atoms with Gasteiger partial charge in [-0.05, 0) is 0 Å². The third kappa shape index (κ3) is 1.28. The van der Waals surface area contributed by atoms with Crippen LogP contribution in [-0.4, -0.2) is 17.0 Å². The molecule has 4 N–H and O–H groups in total. The number of nitrogens with zero attached hydrogens (tertiary/aromatic N) is 2. The molecule has 0 saturated carbocycles. The van der Waals surface area contributed by atoms with Crippen LogP contribution in [0.15, 0.2) is 6.33 Å². The zero-order valence-corrected chi connectivity index (χ0v) is 5.93. The van der Waals surface area contributed by atoms with Gasteiger partial charge in [-0.1, -0.05) is 0 Å². The molecule has 60 valence electrons. The number of nitrogens with one attached hydrogen (secondary N) is 2. The molecule has 0 aliphatic carbocycles. The van der Waals surface area contributed by atoms with E-state index in [1.807, 2.05) is 0 Å². The summed E-state index contributed by atoms with van der Waals surface area (Å²) in [6.07, 6.45) is 1.25. The van der Waals surface area contributed by atoms with Crippen molar-refractivity contribution in [3.05, 3.63) is 6.33 Å². The minimum atomic E-state index is 0.0648. The number of nitrogens with two attached hydrogens (primary N) is 1. The molecule has 0 amide bonds. The van der Waals surface area contributed by atoms with E-state index in [4.69, 9.17) is 5.73 Å². The molecule has 0 fully saturated rings. The van der Waals surface area contributed by atoms with Crippen LogP contribution in [0.1, 0.15) is 0 Å². The highest BCUT2D eigenvalue weighted by atomic mass is 19.2. The van der Waals surface area contributed by atoms with Gasteiger partial charge in [0.15, 0.2) is 11.6 Å². The average Bonchev–Trinajstić information content (AvgIpc) is 2.04. The Labute approximate surface area is 62.8 Å². The van der Waals surface area contributed by atoms with Crippen molar-refractivity contribution in [3.63, 3.8) is 0 Å². The van der Waals surface area contributed by atoms with Gasteiger partial charge in [-0.2, -0.15) is 0 Å². The first kappa shape index (κ1) is 7.52. The van der Waals surface area contributed by atoms with Crippen LogP contribution in [0.3, 0.4) is 0 Å². The minimum Gasteiger partial charge on any atom is -0.382 e. The van der Waals surface area contributed by atoms with Crippen molar-refractivity contribution in [2.24, 2.45) is 0 Å². The highest BCUT2D eigenvalue weighted by Gasteiger charge is 2.05. The third-order valence-electron chi connectivity index (χ3n) is 1.21. The zero-order valence-electron chi connectivity index (χ0n) is 5.93. The zero-order chi connectivity index (χ0) is 8.27. The van der Waals surface area contributed by atoms with Crippen molar-refractivity contribution < 1.29 is 4.48 Å². The molecular weight excluding hydrogens is 149 g/mol. The first-order valence-electron chi connectivity index (χ1n) is 2.94. The Balaban J connectivity index is 3.13. The van der Waals surface area contributed by atoms with Crippen LogP contribution in [0.5, 0.6) is 0 Å². The van der Waals surface area contributed by atoms with Crippen molar-refractivity contribution in [2.75, 3.05) is 23.6 Å². The Morgan fingerprint density at radius 1 is 1.55 bits per heavy atom. The molecule has 1 rings (SSSR count). The maximum absolute atomic E-state index is 12.0. The first-order chi connectivity index (χ1) is 5.29. The summed E-state index contributed by atoms with van der Waals surface area (Å²) in [5.74, 6) is 0.409. The number of rotatable bonds is 2. The molecule has 0 aromatic carbocycles. The first-order valence-corrected chi connectivity index (χ1v) is 2.94. The normalized spacial score (nSPS) is 9.27. The summed E-state index contributed by atoms with van der Waals surface area (Å²) in [6.45, 7) is 0. The van der Waals surface area contributed by atoms with Gasteiger partial charge in [0, 0.05) is 7.05 Å². The van der Waals surface area contributed by atoms with Crippen LogP contribution in [0.2, 0.25) is 0 Å². The van der Waals surface area contributed by atoms with Crippen LogP contribution < -0.4 is 16.6 Å². The third-order valence-corrected chi connectivity index (χ3v) is 1.21. The van der Waals surface area contributed by atoms with E-state index in [0.717, 1.165) is 0 Å². The summed E-state index contributed by atoms with van der Waals surface area (Å²) in [5, 5.41) is 2.65. The van der Waals surface area contributed by atoms with Crippen molar-refractivity contribution >= 4 is 17.3 Å². The number of hydrogen-bond donors (Lipinski definition) is 3. The summed E-state index contributed by atoms with van der Waals surface area (Å²) in [6, 6.07) is 0. The SMILES string of the molecule is CNc1ncnc(N)c1NF. The van der Waals surface area contributed by atoms with E-state index in [1.165, 1.54) is 11.9 Å². The fraction of sp³-hybridized carbons (Fsp3) is 0.200. The van der Waals surface area contributed by atoms with Gasteiger partial charge < -0.3 is 11.1 Å². The molecule has 0 spiro atoms. The van der Waals surface area contributed by atoms with Gasteiger partial charge >= 0.3 is 0 Å². The van der Waals surface area contributed by atoms with Crippen LogP contribution in [-0.2, 0) is 0 Å². The molecule has 1 heterocycles. The van der Waals surface area contributed by atoms with E-state index in [9.17, 15) is 4.48 Å². The van der Waals surface area contributed by atoms with Gasteiger partial charge in [-0.15, -0.1) is 4.48 Å². The molecule has 1 aromatic heterocycles. The number of anilines is 3. The lowest BCUT2D eigenvalue weighted by atomic mass is 10.4. The van der Waals surface area contributed by atoms with Gasteiger partial charge in [0.05, 0.1) is 0 Å². The topological polar surface area (TPSA) is 75.9 Å². The van der Waals surface area contributed by atoms with Gasteiger partial charge in [-0.25, -0.2) is 15.5 Å². The summed E-state index contributed by atoms with van der Waals surface area (Å²) < 4.78 is 12.0. The maximum atomic E-state index is 12.0. The van der Waals surface area contributed by atoms with Crippen LogP contribution in [0.25, 0.3) is 0 Å². The number of hydrogen-bond acceptors (Lipinski definition) is 5. The maximum Gasteiger partial charge on any atom is 0.157 e. The molecule has 5 nitrogen and oxygen atoms in total. The van der Waals surface area contributed by atoms with Crippen LogP contribution in [0, 0.1) is 0 Å². The molecule has 0 atom stereocenters. The largest absolute Gasteiger partial charge is 0.382 e. The van der Waals surface area contributed by atoms with Crippen molar-refractivity contribution in [1.82, 2.24) is 9.97 Å². The van der Waals surface area contributed by atoms with E-state index >= 15 is 0 Å². The minimum absolute atomic E-state index is 0.0648. The summed E-state index contributed by atoms with van der Waals surface area (Å²) in [7, 11) is 1.61. The fourth-order valence-corrected chi connectivity index (χ4v) is 0.682. The second-order valence-electron chi connectivity index (χ2n) is 1.83. The lowest BCUT2D eigenvalue weighted by Crippen LogP contribution is -2.02. The molecule has 0 aliphatic heterocycles. The van der Waals surface area contributed by atoms with Crippen LogP contribution >= 0.6 is 0 Å². The highest BCUT2D eigenvalue weighted by Crippen LogP contribution is 2.22. The number of aromatic nitrogens is 2. The van der Waals surface area contributed by atoms with Crippen molar-refractivity contribution in [1.29, 1.82) is 0 Å². The van der Waals surface area contributed by atoms with E-state index in [1.54, 1.807) is 7.05 Å². The average molecular weight is 157 g/mol. The summed E-state index contributed by atoms with van der Waals surface area (Å²) in [4.78, 5) is 7.31. The molecule has 11 heavy (non-hydrogen) atoms. The van der Waals surface area contributed by atoms with Crippen molar-refractivity contribution in [3.8, 4) is 0 Å². The Hall–Kier alpha value is -1.59. The quantitative estimate of drug-likeness (QED) is 0.541. The Morgan fingerprint density at radius 2 is 2.27 bits per heavy atom. The summed E-state index contributed by atoms with van der Waals surface area (Å²) in [5.41, 5.74) is 6.78. The molecule has 0 saturated heterocycles. The van der Waals surface area contributed by atoms with Gasteiger partial charge in [0.25, 0.3) is 0 Å². The smallest absolute Gasteiger partial charge is 0.157 e. The molecule has 0 radical (unpaired) electrons. The standard InChI is InChI=1S/C5H8FN5/c1-8-5-3(11-6)4(7)9-2-10-5/h2,11H,1H3,(H3,7,8,9,10). The molecule has 1 aromatic rings. The summed E-state index contributed by atoms with van der Waals surface area (Å²) >= 11 is 0. The second-order valence-corrected chi connectivity index (χ2v) is 1.83. The van der Waals surface area contributed by atoms with E-state index in [2.05, 4.69) is 15.3 Å². The lowest BCUT2D eigenvalue weighted by Gasteiger charge is -2.05. The van der Waals surface area contributed by atoms with Gasteiger partial charge in [-0.3, -0.25) is 0 Å². The second kappa shape index (κ2) is 3.00. The van der Waals surface area contributed by atoms with E-state index in [0.29, 0.717) is 5.82 Å². The fourth-order valence-electron chi connectivity index (χ4n) is 0.682.